The fourth-order valence-corrected chi connectivity index (χ4v) is 3.02. The summed E-state index contributed by atoms with van der Waals surface area (Å²) in [7, 11) is 0. The summed E-state index contributed by atoms with van der Waals surface area (Å²) in [5, 5.41) is 2.91. The van der Waals surface area contributed by atoms with Gasteiger partial charge in [0.15, 0.2) is 0 Å². The first kappa shape index (κ1) is 15.4. The molecule has 2 amide bonds. The van der Waals surface area contributed by atoms with E-state index in [1.807, 2.05) is 33.8 Å². The Bertz CT molecular complexity index is 619. The van der Waals surface area contributed by atoms with E-state index in [1.165, 1.54) is 0 Å². The highest BCUT2D eigenvalue weighted by Gasteiger charge is 2.27. The van der Waals surface area contributed by atoms with E-state index in [4.69, 9.17) is 0 Å². The van der Waals surface area contributed by atoms with Gasteiger partial charge in [0.05, 0.1) is 5.71 Å². The number of carbonyl (C=O) groups is 2. The highest BCUT2D eigenvalue weighted by atomic mass is 16.2. The molecule has 0 aliphatic carbocycles. The number of nitrogens with zero attached hydrogens (tertiary/aromatic N) is 1. The average Bonchev–Trinajstić information content (AvgIpc) is 2.94. The van der Waals surface area contributed by atoms with Crippen LogP contribution >= 0.6 is 0 Å². The summed E-state index contributed by atoms with van der Waals surface area (Å²) in [6, 6.07) is 0. The summed E-state index contributed by atoms with van der Waals surface area (Å²) in [6.45, 7) is 8.02. The maximum absolute atomic E-state index is 12.0. The van der Waals surface area contributed by atoms with Gasteiger partial charge in [0.25, 0.3) is 11.8 Å². The lowest BCUT2D eigenvalue weighted by Crippen LogP contribution is -2.17. The molecule has 0 spiro atoms. The maximum atomic E-state index is 12.0. The SMILES string of the molecule is CCC1=C(CC)C(/C=C2\NC(=O)C(CC)=C2CC)=NC1=O. The van der Waals surface area contributed by atoms with Crippen LogP contribution in [0.25, 0.3) is 0 Å². The van der Waals surface area contributed by atoms with Gasteiger partial charge in [-0.05, 0) is 42.9 Å². The van der Waals surface area contributed by atoms with Crippen molar-refractivity contribution >= 4 is 17.5 Å². The fraction of sp³-hybridized carbons (Fsp3) is 0.471. The topological polar surface area (TPSA) is 58.5 Å². The second-order valence-corrected chi connectivity index (χ2v) is 5.14. The van der Waals surface area contributed by atoms with Crippen molar-refractivity contribution in [3.8, 4) is 0 Å². The molecule has 0 radical (unpaired) electrons. The van der Waals surface area contributed by atoms with Crippen molar-refractivity contribution in [3.63, 3.8) is 0 Å². The summed E-state index contributed by atoms with van der Waals surface area (Å²) >= 11 is 0. The van der Waals surface area contributed by atoms with E-state index < -0.39 is 0 Å². The number of rotatable bonds is 5. The summed E-state index contributed by atoms with van der Waals surface area (Å²) in [5.41, 5.74) is 5.19. The van der Waals surface area contributed by atoms with Crippen LogP contribution < -0.4 is 5.32 Å². The minimum absolute atomic E-state index is 0.0248. The van der Waals surface area contributed by atoms with Gasteiger partial charge in [-0.25, -0.2) is 4.99 Å². The highest BCUT2D eigenvalue weighted by Crippen LogP contribution is 2.29. The largest absolute Gasteiger partial charge is 0.322 e. The van der Waals surface area contributed by atoms with E-state index >= 15 is 0 Å². The molecule has 0 unspecified atom stereocenters. The van der Waals surface area contributed by atoms with Gasteiger partial charge in [-0.3, -0.25) is 9.59 Å². The lowest BCUT2D eigenvalue weighted by atomic mass is 9.98. The number of allylic oxidation sites excluding steroid dienone is 3. The van der Waals surface area contributed by atoms with Gasteiger partial charge >= 0.3 is 0 Å². The quantitative estimate of drug-likeness (QED) is 0.843. The van der Waals surface area contributed by atoms with Crippen molar-refractivity contribution in [1.29, 1.82) is 0 Å². The summed E-state index contributed by atoms with van der Waals surface area (Å²) in [5.74, 6) is -0.161. The van der Waals surface area contributed by atoms with Crippen LogP contribution in [0.1, 0.15) is 53.4 Å². The number of hydrogen-bond donors (Lipinski definition) is 1. The molecule has 0 saturated carbocycles. The predicted octanol–water partition coefficient (Wildman–Crippen LogP) is 3.21. The third kappa shape index (κ3) is 2.62. The average molecular weight is 286 g/mol. The lowest BCUT2D eigenvalue weighted by molar-refractivity contribution is -0.116. The van der Waals surface area contributed by atoms with Crippen molar-refractivity contribution in [2.45, 2.75) is 53.4 Å². The number of carbonyl (C=O) groups excluding carboxylic acids is 2. The van der Waals surface area contributed by atoms with Crippen LogP contribution in [-0.2, 0) is 9.59 Å². The Hall–Kier alpha value is -1.97. The molecule has 0 aromatic rings. The zero-order chi connectivity index (χ0) is 15.6. The van der Waals surface area contributed by atoms with Gasteiger partial charge in [-0.15, -0.1) is 0 Å². The molecule has 112 valence electrons. The van der Waals surface area contributed by atoms with Gasteiger partial charge in [0.2, 0.25) is 0 Å². The molecular formula is C17H22N2O2. The molecule has 0 fully saturated rings. The van der Waals surface area contributed by atoms with Crippen LogP contribution in [0, 0.1) is 0 Å². The van der Waals surface area contributed by atoms with Crippen molar-refractivity contribution in [3.05, 3.63) is 34.1 Å². The number of aliphatic imine (C=N–C) groups is 1. The monoisotopic (exact) mass is 286 g/mol. The van der Waals surface area contributed by atoms with Crippen LogP contribution in [-0.4, -0.2) is 17.5 Å². The van der Waals surface area contributed by atoms with E-state index in [0.29, 0.717) is 18.6 Å². The fourth-order valence-electron chi connectivity index (χ4n) is 3.02. The molecule has 0 atom stereocenters. The second-order valence-electron chi connectivity index (χ2n) is 5.14. The van der Waals surface area contributed by atoms with Gasteiger partial charge in [0.1, 0.15) is 0 Å². The first-order valence-corrected chi connectivity index (χ1v) is 7.68. The standard InChI is InChI=1S/C17H22N2O2/c1-5-10-12(7-3)16(20)18-14(10)9-15-11(6-2)13(8-4)17(21)19-15/h9H,5-8H2,1-4H3,(H,18,20)/b14-9-. The van der Waals surface area contributed by atoms with E-state index in [1.54, 1.807) is 0 Å². The summed E-state index contributed by atoms with van der Waals surface area (Å²) in [4.78, 5) is 28.0. The Balaban J connectivity index is 2.44. The molecule has 4 nitrogen and oxygen atoms in total. The Morgan fingerprint density at radius 3 is 1.95 bits per heavy atom. The smallest absolute Gasteiger partial charge is 0.273 e. The van der Waals surface area contributed by atoms with Crippen LogP contribution in [0.15, 0.2) is 39.1 Å². The highest BCUT2D eigenvalue weighted by molar-refractivity contribution is 6.24. The second kappa shape index (κ2) is 6.20. The van der Waals surface area contributed by atoms with Gasteiger partial charge < -0.3 is 5.32 Å². The Morgan fingerprint density at radius 1 is 0.857 bits per heavy atom. The van der Waals surface area contributed by atoms with Crippen molar-refractivity contribution < 1.29 is 9.59 Å². The normalized spacial score (nSPS) is 20.8. The van der Waals surface area contributed by atoms with Crippen LogP contribution in [0.2, 0.25) is 0 Å². The minimum Gasteiger partial charge on any atom is -0.322 e. The number of nitrogens with one attached hydrogen (secondary N) is 1. The summed E-state index contributed by atoms with van der Waals surface area (Å²) < 4.78 is 0. The number of hydrogen-bond acceptors (Lipinski definition) is 2. The van der Waals surface area contributed by atoms with Crippen molar-refractivity contribution in [2.75, 3.05) is 0 Å². The van der Waals surface area contributed by atoms with Gasteiger partial charge in [0, 0.05) is 16.8 Å². The predicted molar refractivity (Wildman–Crippen MR) is 83.9 cm³/mol. The molecule has 2 rings (SSSR count). The van der Waals surface area contributed by atoms with Crippen LogP contribution in [0.4, 0.5) is 0 Å². The molecule has 0 aromatic heterocycles. The third-order valence-electron chi connectivity index (χ3n) is 4.06. The van der Waals surface area contributed by atoms with Crippen LogP contribution in [0.5, 0.6) is 0 Å². The molecule has 1 N–H and O–H groups in total. The van der Waals surface area contributed by atoms with Crippen molar-refractivity contribution in [2.24, 2.45) is 4.99 Å². The Morgan fingerprint density at radius 2 is 1.43 bits per heavy atom. The first-order valence-electron chi connectivity index (χ1n) is 7.68. The van der Waals surface area contributed by atoms with E-state index in [-0.39, 0.29) is 11.8 Å². The van der Waals surface area contributed by atoms with Crippen molar-refractivity contribution in [1.82, 2.24) is 5.32 Å². The van der Waals surface area contributed by atoms with Gasteiger partial charge in [-0.2, -0.15) is 0 Å². The number of amides is 2. The molecule has 0 aromatic carbocycles. The Labute approximate surface area is 125 Å². The van der Waals surface area contributed by atoms with Gasteiger partial charge in [-0.1, -0.05) is 27.7 Å². The molecule has 0 saturated heterocycles. The zero-order valence-corrected chi connectivity index (χ0v) is 13.2. The molecular weight excluding hydrogens is 264 g/mol. The molecule has 2 heterocycles. The maximum Gasteiger partial charge on any atom is 0.273 e. The molecule has 2 aliphatic heterocycles. The van der Waals surface area contributed by atoms with E-state index in [9.17, 15) is 9.59 Å². The van der Waals surface area contributed by atoms with Crippen LogP contribution in [0.3, 0.4) is 0 Å². The first-order chi connectivity index (χ1) is 10.1. The lowest BCUT2D eigenvalue weighted by Gasteiger charge is -2.06. The Kier molecular flexibility index (Phi) is 4.56. The molecule has 0 bridgehead atoms. The molecule has 2 aliphatic rings. The zero-order valence-electron chi connectivity index (χ0n) is 13.2. The molecule has 4 heteroatoms. The minimum atomic E-state index is -0.136. The molecule has 21 heavy (non-hydrogen) atoms. The van der Waals surface area contributed by atoms with E-state index in [2.05, 4.69) is 10.3 Å². The summed E-state index contributed by atoms with van der Waals surface area (Å²) in [6.07, 6.45) is 4.84. The van der Waals surface area contributed by atoms with E-state index in [0.717, 1.165) is 40.8 Å². The third-order valence-corrected chi connectivity index (χ3v) is 4.06.